The van der Waals surface area contributed by atoms with Gasteiger partial charge in [-0.1, -0.05) is 36.4 Å². The molecule has 98 valence electrons. The summed E-state index contributed by atoms with van der Waals surface area (Å²) in [6.45, 7) is 4.41. The van der Waals surface area contributed by atoms with E-state index in [1.165, 1.54) is 5.39 Å². The normalized spacial score (nSPS) is 11.7. The molecule has 2 rings (SSSR count). The highest BCUT2D eigenvalue weighted by Gasteiger charge is 2.11. The molecule has 2 heteroatoms. The molecule has 0 aliphatic rings. The van der Waals surface area contributed by atoms with Crippen molar-refractivity contribution in [2.24, 2.45) is 5.73 Å². The molecule has 2 aromatic rings. The molecule has 0 radical (unpaired) electrons. The minimum absolute atomic E-state index is 0.0446. The van der Waals surface area contributed by atoms with Crippen LogP contribution in [0.3, 0.4) is 0 Å². The van der Waals surface area contributed by atoms with Crippen molar-refractivity contribution in [3.63, 3.8) is 0 Å². The van der Waals surface area contributed by atoms with Crippen LogP contribution in [-0.4, -0.2) is 6.61 Å². The second-order valence-electron chi connectivity index (χ2n) is 4.52. The van der Waals surface area contributed by atoms with Gasteiger partial charge < -0.3 is 10.5 Å². The Morgan fingerprint density at radius 3 is 2.74 bits per heavy atom. The first-order chi connectivity index (χ1) is 9.24. The number of hydrogen-bond donors (Lipinski definition) is 1. The Kier molecular flexibility index (Phi) is 4.43. The van der Waals surface area contributed by atoms with Crippen LogP contribution in [0.4, 0.5) is 0 Å². The number of hydrogen-bond acceptors (Lipinski definition) is 2. The van der Waals surface area contributed by atoms with E-state index in [9.17, 15) is 0 Å². The molecule has 0 saturated carbocycles. The van der Waals surface area contributed by atoms with Crippen LogP contribution in [0.5, 0.6) is 5.75 Å². The number of ether oxygens (including phenoxy) is 1. The largest absolute Gasteiger partial charge is 0.492 e. The summed E-state index contributed by atoms with van der Waals surface area (Å²) < 4.78 is 5.93. The number of benzene rings is 2. The van der Waals surface area contributed by atoms with Crippen LogP contribution in [0.25, 0.3) is 10.8 Å². The van der Waals surface area contributed by atoms with Gasteiger partial charge in [-0.15, -0.1) is 11.8 Å². The molecule has 0 aliphatic heterocycles. The summed E-state index contributed by atoms with van der Waals surface area (Å²) >= 11 is 0. The van der Waals surface area contributed by atoms with Crippen molar-refractivity contribution in [1.82, 2.24) is 0 Å². The second kappa shape index (κ2) is 6.26. The lowest BCUT2D eigenvalue weighted by Crippen LogP contribution is -2.09. The number of nitrogens with two attached hydrogens (primary N) is 1. The van der Waals surface area contributed by atoms with Gasteiger partial charge in [-0.3, -0.25) is 0 Å². The molecule has 19 heavy (non-hydrogen) atoms. The molecule has 0 bridgehead atoms. The summed E-state index contributed by atoms with van der Waals surface area (Å²) in [5.41, 5.74) is 7.07. The SMILES string of the molecule is CC#CCCOc1c([C@H](C)N)ccc2ccccc12. The fourth-order valence-electron chi connectivity index (χ4n) is 2.11. The van der Waals surface area contributed by atoms with Gasteiger partial charge in [0.15, 0.2) is 0 Å². The fraction of sp³-hybridized carbons (Fsp3) is 0.294. The van der Waals surface area contributed by atoms with Gasteiger partial charge >= 0.3 is 0 Å². The van der Waals surface area contributed by atoms with Gasteiger partial charge in [-0.2, -0.15) is 0 Å². The van der Waals surface area contributed by atoms with Crippen molar-refractivity contribution in [2.45, 2.75) is 26.3 Å². The highest BCUT2D eigenvalue weighted by molar-refractivity contribution is 5.89. The van der Waals surface area contributed by atoms with Gasteiger partial charge in [0.05, 0.1) is 6.61 Å². The molecule has 2 N–H and O–H groups in total. The van der Waals surface area contributed by atoms with E-state index < -0.39 is 0 Å². The average molecular weight is 253 g/mol. The third kappa shape index (κ3) is 3.07. The molecule has 0 unspecified atom stereocenters. The van der Waals surface area contributed by atoms with Crippen LogP contribution in [0.2, 0.25) is 0 Å². The zero-order chi connectivity index (χ0) is 13.7. The van der Waals surface area contributed by atoms with Crippen LogP contribution in [0, 0.1) is 11.8 Å². The van der Waals surface area contributed by atoms with Crippen molar-refractivity contribution in [3.05, 3.63) is 42.0 Å². The van der Waals surface area contributed by atoms with E-state index in [4.69, 9.17) is 10.5 Å². The van der Waals surface area contributed by atoms with Gasteiger partial charge in [-0.05, 0) is 19.2 Å². The van der Waals surface area contributed by atoms with Crippen molar-refractivity contribution < 1.29 is 4.74 Å². The summed E-state index contributed by atoms with van der Waals surface area (Å²) in [5.74, 6) is 6.78. The van der Waals surface area contributed by atoms with Crippen LogP contribution in [-0.2, 0) is 0 Å². The molecule has 0 heterocycles. The van der Waals surface area contributed by atoms with Crippen LogP contribution in [0.15, 0.2) is 36.4 Å². The Hall–Kier alpha value is -1.98. The molecule has 0 fully saturated rings. The Morgan fingerprint density at radius 1 is 1.21 bits per heavy atom. The maximum atomic E-state index is 6.03. The maximum absolute atomic E-state index is 6.03. The van der Waals surface area contributed by atoms with Crippen LogP contribution < -0.4 is 10.5 Å². The molecule has 0 spiro atoms. The number of rotatable bonds is 4. The van der Waals surface area contributed by atoms with Crippen LogP contribution >= 0.6 is 0 Å². The van der Waals surface area contributed by atoms with Gasteiger partial charge in [0, 0.05) is 23.4 Å². The summed E-state index contributed by atoms with van der Waals surface area (Å²) in [6.07, 6.45) is 0.734. The summed E-state index contributed by atoms with van der Waals surface area (Å²) in [6, 6.07) is 12.3. The van der Waals surface area contributed by atoms with E-state index in [1.807, 2.05) is 32.0 Å². The highest BCUT2D eigenvalue weighted by atomic mass is 16.5. The molecule has 0 aliphatic carbocycles. The predicted octanol–water partition coefficient (Wildman–Crippen LogP) is 3.65. The molecule has 0 amide bonds. The monoisotopic (exact) mass is 253 g/mol. The molecule has 2 aromatic carbocycles. The average Bonchev–Trinajstić information content (AvgIpc) is 2.43. The quantitative estimate of drug-likeness (QED) is 0.666. The minimum atomic E-state index is -0.0446. The van der Waals surface area contributed by atoms with E-state index in [0.29, 0.717) is 6.61 Å². The van der Waals surface area contributed by atoms with E-state index in [-0.39, 0.29) is 6.04 Å². The molecular formula is C17H19NO. The molecule has 2 nitrogen and oxygen atoms in total. The first kappa shape index (κ1) is 13.5. The van der Waals surface area contributed by atoms with E-state index in [2.05, 4.69) is 30.0 Å². The summed E-state index contributed by atoms with van der Waals surface area (Å²) in [7, 11) is 0. The Bertz CT molecular complexity index is 620. The maximum Gasteiger partial charge on any atom is 0.131 e. The zero-order valence-electron chi connectivity index (χ0n) is 11.4. The molecule has 0 aromatic heterocycles. The fourth-order valence-corrected chi connectivity index (χ4v) is 2.11. The van der Waals surface area contributed by atoms with Crippen LogP contribution in [0.1, 0.15) is 31.9 Å². The van der Waals surface area contributed by atoms with Crippen molar-refractivity contribution >= 4 is 10.8 Å². The van der Waals surface area contributed by atoms with Crippen molar-refractivity contribution in [2.75, 3.05) is 6.61 Å². The third-order valence-electron chi connectivity index (χ3n) is 3.05. The Morgan fingerprint density at radius 2 is 2.00 bits per heavy atom. The topological polar surface area (TPSA) is 35.2 Å². The molecule has 0 saturated heterocycles. The number of fused-ring (bicyclic) bond motifs is 1. The Labute approximate surface area is 114 Å². The van der Waals surface area contributed by atoms with Crippen molar-refractivity contribution in [3.8, 4) is 17.6 Å². The van der Waals surface area contributed by atoms with Gasteiger partial charge in [0.1, 0.15) is 5.75 Å². The lowest BCUT2D eigenvalue weighted by Gasteiger charge is -2.16. The summed E-state index contributed by atoms with van der Waals surface area (Å²) in [4.78, 5) is 0. The van der Waals surface area contributed by atoms with Gasteiger partial charge in [0.25, 0.3) is 0 Å². The van der Waals surface area contributed by atoms with E-state index >= 15 is 0 Å². The first-order valence-corrected chi connectivity index (χ1v) is 6.53. The smallest absolute Gasteiger partial charge is 0.131 e. The first-order valence-electron chi connectivity index (χ1n) is 6.53. The summed E-state index contributed by atoms with van der Waals surface area (Å²) in [5, 5.41) is 2.28. The highest BCUT2D eigenvalue weighted by Crippen LogP contribution is 2.32. The zero-order valence-corrected chi connectivity index (χ0v) is 11.4. The van der Waals surface area contributed by atoms with Gasteiger partial charge in [0.2, 0.25) is 0 Å². The second-order valence-corrected chi connectivity index (χ2v) is 4.52. The third-order valence-corrected chi connectivity index (χ3v) is 3.05. The Balaban J connectivity index is 2.39. The molecular weight excluding hydrogens is 234 g/mol. The lowest BCUT2D eigenvalue weighted by molar-refractivity contribution is 0.326. The predicted molar refractivity (Wildman–Crippen MR) is 80.1 cm³/mol. The van der Waals surface area contributed by atoms with E-state index in [1.54, 1.807) is 0 Å². The standard InChI is InChI=1S/C17H19NO/c1-3-4-7-12-19-17-15(13(2)18)11-10-14-8-5-6-9-16(14)17/h5-6,8-11,13H,7,12,18H2,1-2H3/t13-/m0/s1. The van der Waals surface area contributed by atoms with E-state index in [0.717, 1.165) is 23.1 Å². The van der Waals surface area contributed by atoms with Crippen molar-refractivity contribution in [1.29, 1.82) is 0 Å². The van der Waals surface area contributed by atoms with Gasteiger partial charge in [-0.25, -0.2) is 0 Å². The lowest BCUT2D eigenvalue weighted by atomic mass is 10.0. The minimum Gasteiger partial charge on any atom is -0.492 e. The molecule has 1 atom stereocenters.